The van der Waals surface area contributed by atoms with Crippen molar-refractivity contribution in [2.24, 2.45) is 0 Å². The lowest BCUT2D eigenvalue weighted by Gasteiger charge is -2.43. The van der Waals surface area contributed by atoms with Crippen LogP contribution in [-0.4, -0.2) is 53.3 Å². The quantitative estimate of drug-likeness (QED) is 0.0258. The number of aliphatic hydroxyl groups excluding tert-OH is 2. The third kappa shape index (κ3) is 18.4. The fraction of sp³-hybridized carbons (Fsp3) is 0.517. The Bertz CT molecular complexity index is 1740. The van der Waals surface area contributed by atoms with Crippen molar-refractivity contribution in [2.75, 3.05) is 26.4 Å². The van der Waals surface area contributed by atoms with Gasteiger partial charge in [0.15, 0.2) is 0 Å². The van der Waals surface area contributed by atoms with Gasteiger partial charge in [-0.1, -0.05) is 214 Å². The van der Waals surface area contributed by atoms with Crippen LogP contribution in [-0.2, 0) is 8.85 Å². The lowest BCUT2D eigenvalue weighted by atomic mass is 10.1. The van der Waals surface area contributed by atoms with Crippen molar-refractivity contribution < 1.29 is 19.1 Å². The summed E-state index contributed by atoms with van der Waals surface area (Å²) in [6.45, 7) is 16.2. The van der Waals surface area contributed by atoms with Crippen molar-refractivity contribution >= 4 is 37.4 Å². The molecular weight excluding hydrogens is 817 g/mol. The molecule has 350 valence electrons. The number of allylic oxidation sites excluding steroid dienone is 2. The molecule has 64 heavy (non-hydrogen) atoms. The summed E-state index contributed by atoms with van der Waals surface area (Å²) in [5, 5.41) is 23.1. The van der Waals surface area contributed by atoms with Gasteiger partial charge in [-0.25, -0.2) is 0 Å². The second kappa shape index (κ2) is 31.4. The Balaban J connectivity index is 0.000000340. The lowest BCUT2D eigenvalue weighted by molar-refractivity contribution is 0.282. The molecule has 4 nitrogen and oxygen atoms in total. The number of hydrogen-bond acceptors (Lipinski definition) is 4. The zero-order chi connectivity index (χ0) is 46.3. The number of unbranched alkanes of at least 4 members (excludes halogenated alkanes) is 14. The van der Waals surface area contributed by atoms with Crippen molar-refractivity contribution in [3.63, 3.8) is 0 Å². The second-order valence-corrected chi connectivity index (χ2v) is 27.9. The van der Waals surface area contributed by atoms with Crippen LogP contribution in [0.2, 0.25) is 10.1 Å². The van der Waals surface area contributed by atoms with E-state index in [0.29, 0.717) is 13.2 Å². The van der Waals surface area contributed by atoms with Crippen LogP contribution in [0.5, 0.6) is 0 Å². The molecule has 4 aromatic rings. The fourth-order valence-electron chi connectivity index (χ4n) is 8.83. The van der Waals surface area contributed by atoms with Crippen LogP contribution in [0.3, 0.4) is 0 Å². The summed E-state index contributed by atoms with van der Waals surface area (Å²) in [5.41, 5.74) is 0. The van der Waals surface area contributed by atoms with Gasteiger partial charge < -0.3 is 19.1 Å². The van der Waals surface area contributed by atoms with E-state index in [-0.39, 0.29) is 10.1 Å². The molecule has 2 N–H and O–H groups in total. The van der Waals surface area contributed by atoms with Crippen molar-refractivity contribution in [3.8, 4) is 11.8 Å². The third-order valence-corrected chi connectivity index (χ3v) is 22.3. The van der Waals surface area contributed by atoms with Gasteiger partial charge in [0.1, 0.15) is 0 Å². The first-order valence-corrected chi connectivity index (χ1v) is 28.7. The molecule has 0 atom stereocenters. The van der Waals surface area contributed by atoms with Gasteiger partial charge in [0.2, 0.25) is 0 Å². The van der Waals surface area contributed by atoms with E-state index in [4.69, 9.17) is 19.1 Å². The maximum atomic E-state index is 8.81. The number of benzene rings is 4. The lowest BCUT2D eigenvalue weighted by Crippen LogP contribution is -2.66. The summed E-state index contributed by atoms with van der Waals surface area (Å²) in [4.78, 5) is 0. The van der Waals surface area contributed by atoms with E-state index in [1.54, 1.807) is 0 Å². The molecule has 4 aromatic carbocycles. The molecule has 0 amide bonds. The van der Waals surface area contributed by atoms with Gasteiger partial charge >= 0.3 is 0 Å². The van der Waals surface area contributed by atoms with Gasteiger partial charge in [0.05, 0.1) is 0 Å². The Morgan fingerprint density at radius 2 is 0.672 bits per heavy atom. The maximum absolute atomic E-state index is 8.81. The molecule has 0 spiro atoms. The molecule has 0 fully saturated rings. The first-order valence-electron chi connectivity index (χ1n) is 24.9. The molecule has 0 aliphatic carbocycles. The highest BCUT2D eigenvalue weighted by Crippen LogP contribution is 2.38. The van der Waals surface area contributed by atoms with E-state index in [1.165, 1.54) is 72.1 Å². The Kier molecular flexibility index (Phi) is 26.9. The van der Waals surface area contributed by atoms with Crippen LogP contribution in [0.15, 0.2) is 133 Å². The molecule has 0 radical (unpaired) electrons. The first-order chi connectivity index (χ1) is 31.0. The highest BCUT2D eigenvalue weighted by atomic mass is 28.4. The number of rotatable bonds is 28. The van der Waals surface area contributed by atoms with E-state index in [0.717, 1.165) is 77.4 Å². The van der Waals surface area contributed by atoms with Crippen molar-refractivity contribution in [2.45, 2.75) is 167 Å². The second-order valence-electron chi connectivity index (χ2n) is 19.3. The normalized spacial score (nSPS) is 12.1. The smallest absolute Gasteiger partial charge is 0.261 e. The molecule has 4 rings (SSSR count). The molecule has 6 heteroatoms. The summed E-state index contributed by atoms with van der Waals surface area (Å²) in [7, 11) is -4.78. The van der Waals surface area contributed by atoms with Gasteiger partial charge in [-0.2, -0.15) is 0 Å². The summed E-state index contributed by atoms with van der Waals surface area (Å²) < 4.78 is 13.9. The third-order valence-electron chi connectivity index (χ3n) is 12.2. The Labute approximate surface area is 393 Å². The standard InChI is InChI=1S/C29H44O2Si.C29H42O2Si/c2*1-29(2,3)32(27-21-15-13-16-22-27,28-23-17-14-18-24-28)31-26-20-12-10-8-6-4-5-7-9-11-19-25-30/h6,8,13-18,21-24,30H,4-5,7,9-12,19-20,25-26H2,1-3H3;13-18,21-24,30H,4-5,7,9-12,19-20,25-26H2,1-3H3/b8-6-;. The van der Waals surface area contributed by atoms with Gasteiger partial charge in [-0.3, -0.25) is 0 Å². The molecule has 0 aliphatic heterocycles. The average molecular weight is 903 g/mol. The zero-order valence-corrected chi connectivity index (χ0v) is 43.0. The monoisotopic (exact) mass is 903 g/mol. The van der Waals surface area contributed by atoms with E-state index in [2.05, 4.69) is 187 Å². The molecule has 0 saturated heterocycles. The van der Waals surface area contributed by atoms with Crippen molar-refractivity contribution in [1.29, 1.82) is 0 Å². The van der Waals surface area contributed by atoms with Crippen LogP contribution in [0.4, 0.5) is 0 Å². The van der Waals surface area contributed by atoms with E-state index >= 15 is 0 Å². The van der Waals surface area contributed by atoms with Gasteiger partial charge in [0, 0.05) is 39.3 Å². The van der Waals surface area contributed by atoms with E-state index < -0.39 is 16.6 Å². The largest absolute Gasteiger partial charge is 0.407 e. The van der Waals surface area contributed by atoms with Crippen LogP contribution in [0, 0.1) is 11.8 Å². The van der Waals surface area contributed by atoms with Crippen LogP contribution >= 0.6 is 0 Å². The Hall–Kier alpha value is -3.55. The number of aliphatic hydroxyl groups is 2. The predicted octanol–water partition coefficient (Wildman–Crippen LogP) is 12.7. The Morgan fingerprint density at radius 1 is 0.391 bits per heavy atom. The van der Waals surface area contributed by atoms with Crippen LogP contribution in [0.1, 0.15) is 157 Å². The van der Waals surface area contributed by atoms with Crippen LogP contribution < -0.4 is 20.7 Å². The highest BCUT2D eigenvalue weighted by Gasteiger charge is 2.51. The summed E-state index contributed by atoms with van der Waals surface area (Å²) in [5.74, 6) is 6.67. The Morgan fingerprint density at radius 3 is 1.02 bits per heavy atom. The fourth-order valence-corrected chi connectivity index (χ4v) is 18.0. The highest BCUT2D eigenvalue weighted by molar-refractivity contribution is 7.00. The van der Waals surface area contributed by atoms with Crippen LogP contribution in [0.25, 0.3) is 0 Å². The minimum Gasteiger partial charge on any atom is -0.407 e. The van der Waals surface area contributed by atoms with Crippen molar-refractivity contribution in [1.82, 2.24) is 0 Å². The minimum atomic E-state index is -2.40. The predicted molar refractivity (Wildman–Crippen MR) is 281 cm³/mol. The maximum Gasteiger partial charge on any atom is 0.261 e. The average Bonchev–Trinajstić information content (AvgIpc) is 3.30. The van der Waals surface area contributed by atoms with Crippen molar-refractivity contribution in [3.05, 3.63) is 133 Å². The molecule has 0 aromatic heterocycles. The number of hydrogen-bond donors (Lipinski definition) is 2. The zero-order valence-electron chi connectivity index (χ0n) is 41.0. The summed E-state index contributed by atoms with van der Waals surface area (Å²) in [6.07, 6.45) is 24.9. The van der Waals surface area contributed by atoms with E-state index in [1.807, 2.05) is 0 Å². The minimum absolute atomic E-state index is 0.0344. The SMILES string of the molecule is CC(C)(C)[Si](OCCCC/C=C\CCCCCCCO)(c1ccccc1)c1ccccc1.CC(C)(C)[Si](OCCCCC#CCCCCCCCO)(c1ccccc1)c1ccccc1. The van der Waals surface area contributed by atoms with Gasteiger partial charge in [0.25, 0.3) is 16.6 Å². The van der Waals surface area contributed by atoms with Gasteiger partial charge in [-0.15, -0.1) is 11.8 Å². The van der Waals surface area contributed by atoms with E-state index in [9.17, 15) is 0 Å². The first kappa shape index (κ1) is 54.8. The van der Waals surface area contributed by atoms with Gasteiger partial charge in [-0.05, 0) is 95.0 Å². The summed E-state index contributed by atoms with van der Waals surface area (Å²) in [6, 6.07) is 43.5. The molecular formula is C58H86O4Si2. The molecule has 0 saturated carbocycles. The topological polar surface area (TPSA) is 58.9 Å². The summed E-state index contributed by atoms with van der Waals surface area (Å²) >= 11 is 0. The molecule has 0 heterocycles. The molecule has 0 aliphatic rings. The molecule has 0 unspecified atom stereocenters. The molecule has 0 bridgehead atoms.